The van der Waals surface area contributed by atoms with E-state index < -0.39 is 0 Å². The second-order valence-corrected chi connectivity index (χ2v) is 5.00. The van der Waals surface area contributed by atoms with E-state index in [1.54, 1.807) is 12.3 Å². The minimum Gasteiger partial charge on any atom is -0.455 e. The standard InChI is InChI=1S/C16H11Cl2NO/c17-10-12-3-1-5-14(18)16(12)20-13-7-6-11-4-2-8-19-15(11)9-13/h1-9H,10H2. The first kappa shape index (κ1) is 13.2. The van der Waals surface area contributed by atoms with Gasteiger partial charge in [-0.05, 0) is 24.3 Å². The van der Waals surface area contributed by atoms with E-state index in [2.05, 4.69) is 4.98 Å². The Morgan fingerprint density at radius 2 is 1.95 bits per heavy atom. The molecule has 0 amide bonds. The number of fused-ring (bicyclic) bond motifs is 1. The highest BCUT2D eigenvalue weighted by molar-refractivity contribution is 6.32. The van der Waals surface area contributed by atoms with Gasteiger partial charge in [-0.2, -0.15) is 0 Å². The van der Waals surface area contributed by atoms with E-state index in [-0.39, 0.29) is 0 Å². The number of alkyl halides is 1. The lowest BCUT2D eigenvalue weighted by Gasteiger charge is -2.11. The molecule has 1 aromatic heterocycles. The van der Waals surface area contributed by atoms with Crippen LogP contribution < -0.4 is 4.74 Å². The summed E-state index contributed by atoms with van der Waals surface area (Å²) in [5.74, 6) is 1.64. The summed E-state index contributed by atoms with van der Waals surface area (Å²) in [5.41, 5.74) is 1.74. The minimum atomic E-state index is 0.349. The largest absolute Gasteiger partial charge is 0.455 e. The molecule has 0 saturated heterocycles. The zero-order valence-electron chi connectivity index (χ0n) is 10.5. The molecule has 0 unspecified atom stereocenters. The van der Waals surface area contributed by atoms with E-state index in [9.17, 15) is 0 Å². The molecule has 0 aliphatic rings. The van der Waals surface area contributed by atoms with Crippen molar-refractivity contribution in [1.82, 2.24) is 4.98 Å². The van der Waals surface area contributed by atoms with Crippen molar-refractivity contribution in [3.8, 4) is 11.5 Å². The normalized spacial score (nSPS) is 10.7. The first-order chi connectivity index (χ1) is 9.78. The Kier molecular flexibility index (Phi) is 3.77. The maximum Gasteiger partial charge on any atom is 0.150 e. The average molecular weight is 304 g/mol. The van der Waals surface area contributed by atoms with Gasteiger partial charge in [0.15, 0.2) is 0 Å². The molecule has 0 atom stereocenters. The van der Waals surface area contributed by atoms with Crippen molar-refractivity contribution in [2.45, 2.75) is 5.88 Å². The van der Waals surface area contributed by atoms with Crippen LogP contribution in [0.5, 0.6) is 11.5 Å². The van der Waals surface area contributed by atoms with Crippen LogP contribution >= 0.6 is 23.2 Å². The van der Waals surface area contributed by atoms with Crippen molar-refractivity contribution in [3.63, 3.8) is 0 Å². The summed E-state index contributed by atoms with van der Waals surface area (Å²) in [5, 5.41) is 1.61. The Labute approximate surface area is 126 Å². The van der Waals surface area contributed by atoms with Crippen LogP contribution in [-0.2, 0) is 5.88 Å². The van der Waals surface area contributed by atoms with Gasteiger partial charge in [-0.25, -0.2) is 0 Å². The highest BCUT2D eigenvalue weighted by Gasteiger charge is 2.09. The lowest BCUT2D eigenvalue weighted by atomic mass is 10.2. The number of aromatic nitrogens is 1. The van der Waals surface area contributed by atoms with Gasteiger partial charge in [0.2, 0.25) is 0 Å². The molecule has 0 radical (unpaired) electrons. The Hall–Kier alpha value is -1.77. The minimum absolute atomic E-state index is 0.349. The van der Waals surface area contributed by atoms with E-state index in [1.807, 2.05) is 42.5 Å². The highest BCUT2D eigenvalue weighted by Crippen LogP contribution is 2.34. The summed E-state index contributed by atoms with van der Waals surface area (Å²) in [7, 11) is 0. The van der Waals surface area contributed by atoms with Crippen LogP contribution in [-0.4, -0.2) is 4.98 Å². The zero-order chi connectivity index (χ0) is 13.9. The SMILES string of the molecule is ClCc1cccc(Cl)c1Oc1ccc2cccnc2c1. The van der Waals surface area contributed by atoms with Crippen LogP contribution in [0.4, 0.5) is 0 Å². The second-order valence-electron chi connectivity index (χ2n) is 4.32. The van der Waals surface area contributed by atoms with Crippen LogP contribution in [0.1, 0.15) is 5.56 Å². The molecule has 1 heterocycles. The summed E-state index contributed by atoms with van der Waals surface area (Å²) >= 11 is 12.1. The number of halogens is 2. The van der Waals surface area contributed by atoms with E-state index in [1.165, 1.54) is 0 Å². The molecular formula is C16H11Cl2NO. The fourth-order valence-corrected chi connectivity index (χ4v) is 2.44. The lowest BCUT2D eigenvalue weighted by Crippen LogP contribution is -1.91. The van der Waals surface area contributed by atoms with Gasteiger partial charge >= 0.3 is 0 Å². The number of para-hydroxylation sites is 1. The Bertz CT molecular complexity index is 758. The molecule has 2 aromatic carbocycles. The van der Waals surface area contributed by atoms with Crippen LogP contribution in [0, 0.1) is 0 Å². The number of rotatable bonds is 3. The van der Waals surface area contributed by atoms with Crippen molar-refractivity contribution in [1.29, 1.82) is 0 Å². The molecule has 0 aliphatic carbocycles. The van der Waals surface area contributed by atoms with Gasteiger partial charge in [0.1, 0.15) is 11.5 Å². The first-order valence-corrected chi connectivity index (χ1v) is 7.05. The maximum atomic E-state index is 6.18. The smallest absolute Gasteiger partial charge is 0.150 e. The first-order valence-electron chi connectivity index (χ1n) is 6.14. The molecule has 0 fully saturated rings. The van der Waals surface area contributed by atoms with Crippen molar-refractivity contribution >= 4 is 34.1 Å². The zero-order valence-corrected chi connectivity index (χ0v) is 12.0. The molecule has 0 spiro atoms. The van der Waals surface area contributed by atoms with Crippen molar-refractivity contribution in [2.24, 2.45) is 0 Å². The van der Waals surface area contributed by atoms with E-state index in [4.69, 9.17) is 27.9 Å². The summed E-state index contributed by atoms with van der Waals surface area (Å²) in [4.78, 5) is 4.31. The third-order valence-electron chi connectivity index (χ3n) is 2.99. The fraction of sp³-hybridized carbons (Fsp3) is 0.0625. The molecule has 3 aromatic rings. The summed E-state index contributed by atoms with van der Waals surface area (Å²) in [6.07, 6.45) is 1.76. The van der Waals surface area contributed by atoms with Gasteiger partial charge in [-0.3, -0.25) is 4.98 Å². The molecule has 0 bridgehead atoms. The van der Waals surface area contributed by atoms with Gasteiger partial charge in [0, 0.05) is 23.2 Å². The van der Waals surface area contributed by atoms with Gasteiger partial charge in [-0.15, -0.1) is 11.6 Å². The van der Waals surface area contributed by atoms with Crippen LogP contribution in [0.3, 0.4) is 0 Å². The van der Waals surface area contributed by atoms with Crippen molar-refractivity contribution in [2.75, 3.05) is 0 Å². The Morgan fingerprint density at radius 1 is 1.05 bits per heavy atom. The molecule has 0 aliphatic heterocycles. The quantitative estimate of drug-likeness (QED) is 0.603. The highest BCUT2D eigenvalue weighted by atomic mass is 35.5. The molecule has 20 heavy (non-hydrogen) atoms. The Morgan fingerprint density at radius 3 is 2.80 bits per heavy atom. The molecule has 4 heteroatoms. The van der Waals surface area contributed by atoms with Gasteiger partial charge < -0.3 is 4.74 Å². The molecule has 0 N–H and O–H groups in total. The molecule has 3 rings (SSSR count). The predicted molar refractivity (Wildman–Crippen MR) is 82.8 cm³/mol. The van der Waals surface area contributed by atoms with Gasteiger partial charge in [0.05, 0.1) is 16.4 Å². The maximum absolute atomic E-state index is 6.18. The molecule has 100 valence electrons. The number of nitrogens with zero attached hydrogens (tertiary/aromatic N) is 1. The predicted octanol–water partition coefficient (Wildman–Crippen LogP) is 5.42. The Balaban J connectivity index is 2.01. The molecule has 2 nitrogen and oxygen atoms in total. The van der Waals surface area contributed by atoms with Crippen molar-refractivity contribution in [3.05, 3.63) is 65.3 Å². The third kappa shape index (κ3) is 2.58. The average Bonchev–Trinajstić information content (AvgIpc) is 2.49. The monoisotopic (exact) mass is 303 g/mol. The van der Waals surface area contributed by atoms with E-state index >= 15 is 0 Å². The van der Waals surface area contributed by atoms with Crippen LogP contribution in [0.15, 0.2) is 54.7 Å². The lowest BCUT2D eigenvalue weighted by molar-refractivity contribution is 0.479. The van der Waals surface area contributed by atoms with Crippen LogP contribution in [0.25, 0.3) is 10.9 Å². The number of ether oxygens (including phenoxy) is 1. The number of hydrogen-bond donors (Lipinski definition) is 0. The van der Waals surface area contributed by atoms with Gasteiger partial charge in [0.25, 0.3) is 0 Å². The van der Waals surface area contributed by atoms with Crippen molar-refractivity contribution < 1.29 is 4.74 Å². The topological polar surface area (TPSA) is 22.1 Å². The van der Waals surface area contributed by atoms with Gasteiger partial charge in [-0.1, -0.05) is 29.8 Å². The summed E-state index contributed by atoms with van der Waals surface area (Å²) < 4.78 is 5.88. The molecular weight excluding hydrogens is 293 g/mol. The second kappa shape index (κ2) is 5.70. The number of hydrogen-bond acceptors (Lipinski definition) is 2. The van der Waals surface area contributed by atoms with Crippen LogP contribution in [0.2, 0.25) is 5.02 Å². The summed E-state index contributed by atoms with van der Waals surface area (Å²) in [6.45, 7) is 0. The number of pyridine rings is 1. The van der Waals surface area contributed by atoms with E-state index in [0.717, 1.165) is 16.5 Å². The summed E-state index contributed by atoms with van der Waals surface area (Å²) in [6, 6.07) is 15.2. The number of benzene rings is 2. The third-order valence-corrected chi connectivity index (χ3v) is 3.58. The molecule has 0 saturated carbocycles. The van der Waals surface area contributed by atoms with E-state index in [0.29, 0.717) is 22.4 Å². The fourth-order valence-electron chi connectivity index (χ4n) is 2.00.